The van der Waals surface area contributed by atoms with Gasteiger partial charge >= 0.3 is 0 Å². The van der Waals surface area contributed by atoms with Gasteiger partial charge in [0.2, 0.25) is 5.91 Å². The lowest BCUT2D eigenvalue weighted by atomic mass is 10.1. The first-order valence-electron chi connectivity index (χ1n) is 8.53. The Hall–Kier alpha value is -1.88. The zero-order chi connectivity index (χ0) is 16.4. The number of nitrogens with two attached hydrogens (primary N) is 1. The van der Waals surface area contributed by atoms with Gasteiger partial charge in [0, 0.05) is 32.0 Å². The predicted octanol–water partition coefficient (Wildman–Crippen LogP) is 2.45. The Morgan fingerprint density at radius 3 is 3.04 bits per heavy atom. The van der Waals surface area contributed by atoms with Crippen molar-refractivity contribution in [2.24, 2.45) is 5.73 Å². The van der Waals surface area contributed by atoms with E-state index in [-0.39, 0.29) is 11.9 Å². The maximum atomic E-state index is 12.4. The summed E-state index contributed by atoms with van der Waals surface area (Å²) in [5.41, 5.74) is 10.6. The molecule has 0 spiro atoms. The molecule has 0 radical (unpaired) electrons. The van der Waals surface area contributed by atoms with Crippen molar-refractivity contribution in [3.8, 4) is 0 Å². The molecule has 23 heavy (non-hydrogen) atoms. The van der Waals surface area contributed by atoms with E-state index in [1.807, 2.05) is 4.90 Å². The van der Waals surface area contributed by atoms with E-state index in [1.54, 1.807) is 0 Å². The normalized spacial score (nSPS) is 19.1. The van der Waals surface area contributed by atoms with Gasteiger partial charge in [-0.15, -0.1) is 0 Å². The number of aromatic nitrogens is 2. The lowest BCUT2D eigenvalue weighted by Crippen LogP contribution is -2.39. The average molecular weight is 314 g/mol. The van der Waals surface area contributed by atoms with Gasteiger partial charge in [-0.25, -0.2) is 4.98 Å². The SMILES string of the molecule is Cc1ccc2[nH]c(CCC(=O)N3CCCCC(N)C3)nc2c1C. The van der Waals surface area contributed by atoms with Gasteiger partial charge in [-0.2, -0.15) is 0 Å². The number of benzene rings is 1. The molecule has 1 aliphatic rings. The molecule has 1 saturated heterocycles. The Morgan fingerprint density at radius 2 is 2.22 bits per heavy atom. The molecule has 3 N–H and O–H groups in total. The monoisotopic (exact) mass is 314 g/mol. The van der Waals surface area contributed by atoms with Crippen LogP contribution in [0.25, 0.3) is 11.0 Å². The van der Waals surface area contributed by atoms with Crippen molar-refractivity contribution in [1.82, 2.24) is 14.9 Å². The minimum Gasteiger partial charge on any atom is -0.342 e. The van der Waals surface area contributed by atoms with Gasteiger partial charge in [-0.05, 0) is 43.9 Å². The molecule has 1 unspecified atom stereocenters. The van der Waals surface area contributed by atoms with Gasteiger partial charge in [-0.1, -0.05) is 12.5 Å². The second kappa shape index (κ2) is 6.71. The molecule has 1 aromatic carbocycles. The maximum absolute atomic E-state index is 12.4. The molecule has 3 rings (SSSR count). The highest BCUT2D eigenvalue weighted by Gasteiger charge is 2.20. The fraction of sp³-hybridized carbons (Fsp3) is 0.556. The molecular formula is C18H26N4O. The fourth-order valence-electron chi connectivity index (χ4n) is 3.27. The van der Waals surface area contributed by atoms with Crippen molar-refractivity contribution < 1.29 is 4.79 Å². The molecule has 1 aliphatic heterocycles. The highest BCUT2D eigenvalue weighted by atomic mass is 16.2. The second-order valence-electron chi connectivity index (χ2n) is 6.68. The summed E-state index contributed by atoms with van der Waals surface area (Å²) in [4.78, 5) is 22.4. The average Bonchev–Trinajstić information content (AvgIpc) is 2.83. The summed E-state index contributed by atoms with van der Waals surface area (Å²) in [5.74, 6) is 1.08. The van der Waals surface area contributed by atoms with Crippen molar-refractivity contribution >= 4 is 16.9 Å². The van der Waals surface area contributed by atoms with Crippen molar-refractivity contribution in [3.63, 3.8) is 0 Å². The minimum absolute atomic E-state index is 0.123. The molecule has 1 fully saturated rings. The van der Waals surface area contributed by atoms with E-state index in [0.29, 0.717) is 19.4 Å². The zero-order valence-electron chi connectivity index (χ0n) is 14.1. The van der Waals surface area contributed by atoms with E-state index in [2.05, 4.69) is 35.9 Å². The van der Waals surface area contributed by atoms with E-state index in [1.165, 1.54) is 11.1 Å². The summed E-state index contributed by atoms with van der Waals surface area (Å²) in [5, 5.41) is 0. The van der Waals surface area contributed by atoms with E-state index in [4.69, 9.17) is 5.73 Å². The lowest BCUT2D eigenvalue weighted by Gasteiger charge is -2.22. The third kappa shape index (κ3) is 3.55. The first kappa shape index (κ1) is 16.0. The van der Waals surface area contributed by atoms with Crippen LogP contribution < -0.4 is 5.73 Å². The summed E-state index contributed by atoms with van der Waals surface area (Å²) in [6.45, 7) is 5.71. The summed E-state index contributed by atoms with van der Waals surface area (Å²) >= 11 is 0. The van der Waals surface area contributed by atoms with Crippen molar-refractivity contribution in [1.29, 1.82) is 0 Å². The molecule has 0 saturated carbocycles. The number of amides is 1. The first-order valence-corrected chi connectivity index (χ1v) is 8.53. The van der Waals surface area contributed by atoms with Crippen LogP contribution in [-0.2, 0) is 11.2 Å². The Balaban J connectivity index is 1.66. The third-order valence-electron chi connectivity index (χ3n) is 4.86. The first-order chi connectivity index (χ1) is 11.0. The number of nitrogens with zero attached hydrogens (tertiary/aromatic N) is 2. The van der Waals surface area contributed by atoms with E-state index in [0.717, 1.165) is 42.7 Å². The van der Waals surface area contributed by atoms with Gasteiger partial charge in [0.25, 0.3) is 0 Å². The summed E-state index contributed by atoms with van der Waals surface area (Å²) in [6.07, 6.45) is 4.34. The summed E-state index contributed by atoms with van der Waals surface area (Å²) < 4.78 is 0. The maximum Gasteiger partial charge on any atom is 0.223 e. The predicted molar refractivity (Wildman–Crippen MR) is 92.3 cm³/mol. The lowest BCUT2D eigenvalue weighted by molar-refractivity contribution is -0.131. The standard InChI is InChI=1S/C18H26N4O/c1-12-6-7-15-18(13(12)2)21-16(20-15)8-9-17(23)22-10-4-3-5-14(19)11-22/h6-7,14H,3-5,8-11,19H2,1-2H3,(H,20,21). The number of hydrogen-bond acceptors (Lipinski definition) is 3. The largest absolute Gasteiger partial charge is 0.342 e. The molecule has 0 bridgehead atoms. The highest BCUT2D eigenvalue weighted by molar-refractivity contribution is 5.80. The molecule has 1 atom stereocenters. The van der Waals surface area contributed by atoms with Crippen LogP contribution in [0.15, 0.2) is 12.1 Å². The van der Waals surface area contributed by atoms with Crippen LogP contribution in [0.5, 0.6) is 0 Å². The van der Waals surface area contributed by atoms with Crippen LogP contribution in [0.1, 0.15) is 42.6 Å². The van der Waals surface area contributed by atoms with Crippen LogP contribution in [0.3, 0.4) is 0 Å². The van der Waals surface area contributed by atoms with Crippen LogP contribution in [-0.4, -0.2) is 39.9 Å². The Kier molecular flexibility index (Phi) is 4.66. The smallest absolute Gasteiger partial charge is 0.223 e. The summed E-state index contributed by atoms with van der Waals surface area (Å²) in [7, 11) is 0. The van der Waals surface area contributed by atoms with Crippen LogP contribution in [0, 0.1) is 13.8 Å². The fourth-order valence-corrected chi connectivity index (χ4v) is 3.27. The molecule has 124 valence electrons. The number of H-pyrrole nitrogens is 1. The van der Waals surface area contributed by atoms with E-state index < -0.39 is 0 Å². The molecule has 5 nitrogen and oxygen atoms in total. The summed E-state index contributed by atoms with van der Waals surface area (Å²) in [6, 6.07) is 4.28. The number of aromatic amines is 1. The Labute approximate surface area is 137 Å². The second-order valence-corrected chi connectivity index (χ2v) is 6.68. The minimum atomic E-state index is 0.123. The number of carbonyl (C=O) groups excluding carboxylic acids is 1. The molecule has 2 aromatic rings. The van der Waals surface area contributed by atoms with Crippen molar-refractivity contribution in [2.75, 3.05) is 13.1 Å². The molecule has 5 heteroatoms. The number of nitrogens with one attached hydrogen (secondary N) is 1. The van der Waals surface area contributed by atoms with Gasteiger partial charge < -0.3 is 15.6 Å². The molecule has 0 aliphatic carbocycles. The topological polar surface area (TPSA) is 75.0 Å². The van der Waals surface area contributed by atoms with Crippen LogP contribution in [0.4, 0.5) is 0 Å². The number of aryl methyl sites for hydroxylation is 3. The van der Waals surface area contributed by atoms with Gasteiger partial charge in [0.15, 0.2) is 0 Å². The number of rotatable bonds is 3. The highest BCUT2D eigenvalue weighted by Crippen LogP contribution is 2.20. The van der Waals surface area contributed by atoms with Crippen LogP contribution in [0.2, 0.25) is 0 Å². The number of carbonyl (C=O) groups is 1. The number of imidazole rings is 1. The third-order valence-corrected chi connectivity index (χ3v) is 4.86. The van der Waals surface area contributed by atoms with Crippen LogP contribution >= 0.6 is 0 Å². The van der Waals surface area contributed by atoms with Crippen molar-refractivity contribution in [2.45, 2.75) is 52.0 Å². The molecule has 1 amide bonds. The zero-order valence-corrected chi connectivity index (χ0v) is 14.1. The Morgan fingerprint density at radius 1 is 1.39 bits per heavy atom. The molecular weight excluding hydrogens is 288 g/mol. The number of likely N-dealkylation sites (tertiary alicyclic amines) is 1. The molecule has 1 aromatic heterocycles. The van der Waals surface area contributed by atoms with Crippen molar-refractivity contribution in [3.05, 3.63) is 29.1 Å². The van der Waals surface area contributed by atoms with Gasteiger partial charge in [0.1, 0.15) is 5.82 Å². The van der Waals surface area contributed by atoms with E-state index >= 15 is 0 Å². The van der Waals surface area contributed by atoms with Gasteiger partial charge in [-0.3, -0.25) is 4.79 Å². The van der Waals surface area contributed by atoms with E-state index in [9.17, 15) is 4.79 Å². The Bertz CT molecular complexity index is 706. The molecule has 2 heterocycles. The quantitative estimate of drug-likeness (QED) is 0.914. The number of fused-ring (bicyclic) bond motifs is 1. The number of hydrogen-bond donors (Lipinski definition) is 2. The van der Waals surface area contributed by atoms with Gasteiger partial charge in [0.05, 0.1) is 11.0 Å².